The van der Waals surface area contributed by atoms with Crippen molar-refractivity contribution in [1.29, 1.82) is 0 Å². The smallest absolute Gasteiger partial charge is 0.462 e. The number of hydrogen-bond acceptors (Lipinski definition) is 15. The van der Waals surface area contributed by atoms with Crippen LogP contribution in [-0.4, -0.2) is 96.7 Å². The fourth-order valence-electron chi connectivity index (χ4n) is 10.3. The lowest BCUT2D eigenvalue weighted by Gasteiger charge is -2.21. The van der Waals surface area contributed by atoms with Crippen LogP contribution < -0.4 is 0 Å². The van der Waals surface area contributed by atoms with Crippen LogP contribution in [0.1, 0.15) is 349 Å². The molecule has 0 aliphatic carbocycles. The Morgan fingerprint density at radius 3 is 0.782 bits per heavy atom. The predicted octanol–water partition coefficient (Wildman–Crippen LogP) is 19.4. The summed E-state index contributed by atoms with van der Waals surface area (Å²) >= 11 is 0. The number of carbonyl (C=O) groups excluding carboxylic acids is 4. The molecule has 87 heavy (non-hydrogen) atoms. The molecule has 0 aromatic heterocycles. The van der Waals surface area contributed by atoms with Crippen molar-refractivity contribution in [3.63, 3.8) is 0 Å². The zero-order valence-electron chi connectivity index (χ0n) is 56.2. The van der Waals surface area contributed by atoms with Crippen molar-refractivity contribution >= 4 is 39.5 Å². The molecule has 0 fully saturated rings. The molecule has 2 unspecified atom stereocenters. The van der Waals surface area contributed by atoms with E-state index in [9.17, 15) is 43.2 Å². The van der Waals surface area contributed by atoms with E-state index in [0.29, 0.717) is 31.6 Å². The predicted molar refractivity (Wildman–Crippen MR) is 349 cm³/mol. The summed E-state index contributed by atoms with van der Waals surface area (Å²) in [6.07, 6.45) is 47.5. The van der Waals surface area contributed by atoms with Gasteiger partial charge in [-0.05, 0) is 31.6 Å². The molecular formula is C68H132O17P2. The lowest BCUT2D eigenvalue weighted by molar-refractivity contribution is -0.161. The molecule has 0 rings (SSSR count). The Labute approximate surface area is 530 Å². The van der Waals surface area contributed by atoms with Gasteiger partial charge in [-0.3, -0.25) is 37.3 Å². The number of phosphoric ester groups is 2. The molecule has 0 aliphatic rings. The van der Waals surface area contributed by atoms with E-state index in [1.54, 1.807) is 0 Å². The van der Waals surface area contributed by atoms with E-state index in [-0.39, 0.29) is 25.7 Å². The van der Waals surface area contributed by atoms with E-state index in [1.807, 2.05) is 0 Å². The number of unbranched alkanes of at least 4 members (excludes halogenated alkanes) is 40. The molecule has 0 aromatic rings. The number of aliphatic hydroxyl groups is 1. The van der Waals surface area contributed by atoms with E-state index in [1.165, 1.54) is 161 Å². The summed E-state index contributed by atoms with van der Waals surface area (Å²) < 4.78 is 68.0. The summed E-state index contributed by atoms with van der Waals surface area (Å²) in [5.41, 5.74) is 0. The highest BCUT2D eigenvalue weighted by Gasteiger charge is 2.30. The summed E-state index contributed by atoms with van der Waals surface area (Å²) in [6.45, 7) is 7.10. The molecular weight excluding hydrogens is 1150 g/mol. The zero-order valence-corrected chi connectivity index (χ0v) is 57.9. The van der Waals surface area contributed by atoms with Crippen molar-refractivity contribution in [2.24, 2.45) is 5.92 Å². The summed E-state index contributed by atoms with van der Waals surface area (Å²) in [4.78, 5) is 72.2. The van der Waals surface area contributed by atoms with Gasteiger partial charge in [0.2, 0.25) is 0 Å². The first-order chi connectivity index (χ1) is 42.0. The maximum Gasteiger partial charge on any atom is 0.472 e. The van der Waals surface area contributed by atoms with Crippen LogP contribution in [0.15, 0.2) is 0 Å². The fourth-order valence-corrected chi connectivity index (χ4v) is 11.9. The van der Waals surface area contributed by atoms with Crippen molar-refractivity contribution in [2.75, 3.05) is 39.6 Å². The minimum atomic E-state index is -4.95. The Morgan fingerprint density at radius 1 is 0.310 bits per heavy atom. The van der Waals surface area contributed by atoms with Crippen LogP contribution in [0.5, 0.6) is 0 Å². The van der Waals surface area contributed by atoms with Crippen molar-refractivity contribution < 1.29 is 80.2 Å². The van der Waals surface area contributed by atoms with Crippen LogP contribution in [0.25, 0.3) is 0 Å². The largest absolute Gasteiger partial charge is 0.472 e. The molecule has 0 saturated carbocycles. The molecule has 0 spiro atoms. The van der Waals surface area contributed by atoms with Gasteiger partial charge in [-0.15, -0.1) is 0 Å². The van der Waals surface area contributed by atoms with Crippen LogP contribution >= 0.6 is 15.6 Å². The number of aliphatic hydroxyl groups excluding tert-OH is 1. The third kappa shape index (κ3) is 62.6. The number of ether oxygens (including phenoxy) is 4. The van der Waals surface area contributed by atoms with Crippen molar-refractivity contribution in [3.05, 3.63) is 0 Å². The SMILES string of the molecule is CCCCCCCCCCCCCCCCCCCCC(=O)O[C@H](COC(=O)CCCCCCCCCCCCCCC)COP(=O)(O)OC[C@@H](O)COP(=O)(O)OC[C@@H](COC(=O)CCCCCCCCC)OC(=O)CCCCCCCCC(C)C. The first-order valence-corrected chi connectivity index (χ1v) is 38.6. The molecule has 19 heteroatoms. The second-order valence-electron chi connectivity index (χ2n) is 25.0. The summed E-state index contributed by atoms with van der Waals surface area (Å²) in [5.74, 6) is -1.46. The Bertz CT molecular complexity index is 1690. The molecule has 0 saturated heterocycles. The maximum absolute atomic E-state index is 13.0. The highest BCUT2D eigenvalue weighted by Crippen LogP contribution is 2.45. The Kier molecular flexibility index (Phi) is 60.2. The average Bonchev–Trinajstić information content (AvgIpc) is 3.54. The number of rotatable bonds is 68. The molecule has 17 nitrogen and oxygen atoms in total. The van der Waals surface area contributed by atoms with E-state index in [0.717, 1.165) is 103 Å². The standard InChI is InChI=1S/C68H132O17P2/c1-6-9-12-15-18-20-22-24-25-26-27-28-30-32-34-37-43-48-53-67(72)84-63(58-79-66(71)52-47-42-36-33-31-29-23-21-19-16-13-10-7-2)59-82-86(74,75)80-55-62(69)56-81-87(76,77)83-60-64(57-78-65(70)51-46-41-35-17-14-11-8-3)85-68(73)54-49-44-39-38-40-45-50-61(4)5/h61-64,69H,6-60H2,1-5H3,(H,74,75)(H,76,77)/t62-,63-,64-/m1/s1. The monoisotopic (exact) mass is 1280 g/mol. The summed E-state index contributed by atoms with van der Waals surface area (Å²) in [5, 5.41) is 10.5. The fraction of sp³-hybridized carbons (Fsp3) is 0.941. The number of hydrogen-bond donors (Lipinski definition) is 3. The van der Waals surface area contributed by atoms with E-state index in [4.69, 9.17) is 37.0 Å². The summed E-state index contributed by atoms with van der Waals surface area (Å²) in [7, 11) is -9.89. The second kappa shape index (κ2) is 61.6. The van der Waals surface area contributed by atoms with Crippen molar-refractivity contribution in [3.8, 4) is 0 Å². The molecule has 5 atom stereocenters. The number of carbonyl (C=O) groups is 4. The number of esters is 4. The van der Waals surface area contributed by atoms with Gasteiger partial charge in [0, 0.05) is 25.7 Å². The molecule has 0 heterocycles. The Balaban J connectivity index is 5.17. The minimum Gasteiger partial charge on any atom is -0.462 e. The van der Waals surface area contributed by atoms with Crippen LogP contribution in [0.4, 0.5) is 0 Å². The van der Waals surface area contributed by atoms with Gasteiger partial charge < -0.3 is 33.8 Å². The van der Waals surface area contributed by atoms with Gasteiger partial charge in [-0.25, -0.2) is 9.13 Å². The van der Waals surface area contributed by atoms with Crippen LogP contribution in [0.2, 0.25) is 0 Å². The molecule has 0 radical (unpaired) electrons. The van der Waals surface area contributed by atoms with Gasteiger partial charge in [-0.2, -0.15) is 0 Å². The van der Waals surface area contributed by atoms with Gasteiger partial charge in [0.1, 0.15) is 19.3 Å². The van der Waals surface area contributed by atoms with Gasteiger partial charge in [-0.1, -0.05) is 298 Å². The topological polar surface area (TPSA) is 237 Å². The molecule has 0 amide bonds. The quantitative estimate of drug-likeness (QED) is 0.0222. The van der Waals surface area contributed by atoms with E-state index in [2.05, 4.69) is 34.6 Å². The Hall–Kier alpha value is -1.94. The number of phosphoric acid groups is 2. The van der Waals surface area contributed by atoms with Crippen LogP contribution in [-0.2, 0) is 65.4 Å². The van der Waals surface area contributed by atoms with Crippen LogP contribution in [0.3, 0.4) is 0 Å². The third-order valence-electron chi connectivity index (χ3n) is 15.8. The zero-order chi connectivity index (χ0) is 64.2. The highest BCUT2D eigenvalue weighted by molar-refractivity contribution is 7.47. The first-order valence-electron chi connectivity index (χ1n) is 35.6. The van der Waals surface area contributed by atoms with Gasteiger partial charge >= 0.3 is 39.5 Å². The van der Waals surface area contributed by atoms with Crippen molar-refractivity contribution in [2.45, 2.75) is 368 Å². The molecule has 0 bridgehead atoms. The molecule has 0 aromatic carbocycles. The third-order valence-corrected chi connectivity index (χ3v) is 17.7. The second-order valence-corrected chi connectivity index (χ2v) is 27.9. The normalized spacial score (nSPS) is 14.1. The highest BCUT2D eigenvalue weighted by atomic mass is 31.2. The lowest BCUT2D eigenvalue weighted by atomic mass is 10.0. The molecule has 3 N–H and O–H groups in total. The lowest BCUT2D eigenvalue weighted by Crippen LogP contribution is -2.30. The maximum atomic E-state index is 13.0. The van der Waals surface area contributed by atoms with Gasteiger partial charge in [0.05, 0.1) is 26.4 Å². The Morgan fingerprint density at radius 2 is 0.529 bits per heavy atom. The van der Waals surface area contributed by atoms with E-state index >= 15 is 0 Å². The average molecular weight is 1280 g/mol. The van der Waals surface area contributed by atoms with Crippen molar-refractivity contribution in [1.82, 2.24) is 0 Å². The first kappa shape index (κ1) is 85.1. The van der Waals surface area contributed by atoms with Gasteiger partial charge in [0.15, 0.2) is 12.2 Å². The minimum absolute atomic E-state index is 0.102. The molecule has 0 aliphatic heterocycles. The van der Waals surface area contributed by atoms with E-state index < -0.39 is 97.5 Å². The summed E-state index contributed by atoms with van der Waals surface area (Å²) in [6, 6.07) is 0. The van der Waals surface area contributed by atoms with Crippen LogP contribution in [0, 0.1) is 5.92 Å². The molecule has 516 valence electrons. The van der Waals surface area contributed by atoms with Gasteiger partial charge in [0.25, 0.3) is 0 Å².